The van der Waals surface area contributed by atoms with E-state index in [1.165, 1.54) is 0 Å². The second-order valence-corrected chi connectivity index (χ2v) is 6.93. The Balaban J connectivity index is 1.70. The van der Waals surface area contributed by atoms with Crippen LogP contribution in [0.4, 0.5) is 0 Å². The number of aryl methyl sites for hydroxylation is 1. The van der Waals surface area contributed by atoms with Gasteiger partial charge < -0.3 is 4.74 Å². The van der Waals surface area contributed by atoms with Crippen LogP contribution in [0.5, 0.6) is 0 Å². The van der Waals surface area contributed by atoms with Crippen LogP contribution < -0.4 is 0 Å². The highest BCUT2D eigenvalue weighted by Gasteiger charge is 2.24. The zero-order valence-corrected chi connectivity index (χ0v) is 15.3. The lowest BCUT2D eigenvalue weighted by Crippen LogP contribution is -2.05. The van der Waals surface area contributed by atoms with Crippen molar-refractivity contribution >= 4 is 39.5 Å². The average Bonchev–Trinajstić information content (AvgIpc) is 3.08. The van der Waals surface area contributed by atoms with Crippen molar-refractivity contribution in [3.63, 3.8) is 0 Å². The lowest BCUT2D eigenvalue weighted by Gasteiger charge is -2.08. The molecule has 0 saturated carbocycles. The van der Waals surface area contributed by atoms with Crippen LogP contribution in [0.1, 0.15) is 16.7 Å². The van der Waals surface area contributed by atoms with E-state index in [0.717, 1.165) is 38.2 Å². The molecule has 0 aliphatic carbocycles. The van der Waals surface area contributed by atoms with Crippen LogP contribution in [-0.4, -0.2) is 11.9 Å². The maximum Gasteiger partial charge on any atom is 0.363 e. The van der Waals surface area contributed by atoms with Crippen LogP contribution in [0.2, 0.25) is 0 Å². The third-order valence-electron chi connectivity index (χ3n) is 5.01. The topological polar surface area (TPSA) is 38.7 Å². The van der Waals surface area contributed by atoms with Crippen molar-refractivity contribution < 1.29 is 9.53 Å². The highest BCUT2D eigenvalue weighted by molar-refractivity contribution is 6.15. The van der Waals surface area contributed by atoms with E-state index in [2.05, 4.69) is 35.3 Å². The van der Waals surface area contributed by atoms with E-state index in [1.807, 2.05) is 61.5 Å². The fourth-order valence-electron chi connectivity index (χ4n) is 3.57. The Hall–Kier alpha value is -3.72. The van der Waals surface area contributed by atoms with Crippen LogP contribution in [-0.2, 0) is 9.53 Å². The van der Waals surface area contributed by atoms with Crippen molar-refractivity contribution in [3.8, 4) is 0 Å². The number of ether oxygens (including phenoxy) is 1. The van der Waals surface area contributed by atoms with E-state index in [0.29, 0.717) is 11.6 Å². The smallest absolute Gasteiger partial charge is 0.363 e. The van der Waals surface area contributed by atoms with Crippen LogP contribution in [0.15, 0.2) is 89.6 Å². The Labute approximate surface area is 162 Å². The van der Waals surface area contributed by atoms with Crippen molar-refractivity contribution in [2.45, 2.75) is 6.92 Å². The molecule has 3 nitrogen and oxygen atoms in total. The molecule has 0 bridgehead atoms. The normalized spacial score (nSPS) is 15.2. The van der Waals surface area contributed by atoms with Crippen molar-refractivity contribution in [3.05, 3.63) is 101 Å². The Morgan fingerprint density at radius 3 is 2.07 bits per heavy atom. The van der Waals surface area contributed by atoms with Gasteiger partial charge in [0.1, 0.15) is 0 Å². The maximum atomic E-state index is 12.5. The molecule has 1 heterocycles. The number of cyclic esters (lactones) is 1. The van der Waals surface area contributed by atoms with Crippen molar-refractivity contribution in [2.24, 2.45) is 4.99 Å². The van der Waals surface area contributed by atoms with Gasteiger partial charge in [-0.15, -0.1) is 0 Å². The van der Waals surface area contributed by atoms with Gasteiger partial charge in [0.2, 0.25) is 5.90 Å². The Morgan fingerprint density at radius 1 is 0.821 bits per heavy atom. The lowest BCUT2D eigenvalue weighted by atomic mass is 9.96. The molecule has 0 saturated heterocycles. The van der Waals surface area contributed by atoms with Gasteiger partial charge in [0.25, 0.3) is 0 Å². The first-order valence-electron chi connectivity index (χ1n) is 9.19. The molecule has 4 aromatic rings. The molecule has 0 unspecified atom stereocenters. The number of esters is 1. The summed E-state index contributed by atoms with van der Waals surface area (Å²) in [6.07, 6.45) is 1.84. The Morgan fingerprint density at radius 2 is 1.43 bits per heavy atom. The summed E-state index contributed by atoms with van der Waals surface area (Å²) < 4.78 is 5.44. The first kappa shape index (κ1) is 16.5. The number of benzene rings is 4. The Bertz CT molecular complexity index is 1240. The highest BCUT2D eigenvalue weighted by atomic mass is 16.6. The predicted octanol–water partition coefficient (Wildman–Crippen LogP) is 5.65. The zero-order valence-electron chi connectivity index (χ0n) is 15.3. The fraction of sp³-hybridized carbons (Fsp3) is 0.0400. The second-order valence-electron chi connectivity index (χ2n) is 6.93. The van der Waals surface area contributed by atoms with Crippen molar-refractivity contribution in [1.82, 2.24) is 0 Å². The summed E-state index contributed by atoms with van der Waals surface area (Å²) in [5.41, 5.74) is 3.24. The molecule has 4 aromatic carbocycles. The summed E-state index contributed by atoms with van der Waals surface area (Å²) in [5, 5.41) is 4.42. The summed E-state index contributed by atoms with van der Waals surface area (Å²) in [4.78, 5) is 17.0. The number of carbonyl (C=O) groups is 1. The van der Waals surface area contributed by atoms with Crippen LogP contribution >= 0.6 is 0 Å². The van der Waals surface area contributed by atoms with E-state index < -0.39 is 5.97 Å². The molecule has 0 radical (unpaired) electrons. The molecule has 1 aliphatic rings. The minimum Gasteiger partial charge on any atom is -0.402 e. The predicted molar refractivity (Wildman–Crippen MR) is 113 cm³/mol. The molecule has 5 rings (SSSR count). The molecule has 3 heteroatoms. The number of carbonyl (C=O) groups excluding carboxylic acids is 1. The number of hydrogen-bond donors (Lipinski definition) is 0. The standard InChI is InChI=1S/C25H17NO2/c1-16-10-12-17(13-11-16)24-26-23(25(27)28-24)15-22-20-8-4-2-6-18(20)14-19-7-3-5-9-21(19)22/h2-15H,1H3. The number of fused-ring (bicyclic) bond motifs is 2. The number of rotatable bonds is 2. The second kappa shape index (κ2) is 6.46. The van der Waals surface area contributed by atoms with Crippen LogP contribution in [0, 0.1) is 6.92 Å². The van der Waals surface area contributed by atoms with E-state index in [4.69, 9.17) is 4.74 Å². The zero-order chi connectivity index (χ0) is 19.1. The monoisotopic (exact) mass is 363 g/mol. The molecule has 0 N–H and O–H groups in total. The summed E-state index contributed by atoms with van der Waals surface area (Å²) in [6, 6.07) is 26.3. The lowest BCUT2D eigenvalue weighted by molar-refractivity contribution is -0.129. The van der Waals surface area contributed by atoms with E-state index in [-0.39, 0.29) is 0 Å². The minimum atomic E-state index is -0.424. The first-order valence-corrected chi connectivity index (χ1v) is 9.19. The molecule has 0 fully saturated rings. The highest BCUT2D eigenvalue weighted by Crippen LogP contribution is 2.31. The number of hydrogen-bond acceptors (Lipinski definition) is 3. The third-order valence-corrected chi connectivity index (χ3v) is 5.01. The molecular weight excluding hydrogens is 346 g/mol. The largest absolute Gasteiger partial charge is 0.402 e. The molecule has 134 valence electrons. The van der Waals surface area contributed by atoms with E-state index in [9.17, 15) is 4.79 Å². The molecule has 0 aromatic heterocycles. The van der Waals surface area contributed by atoms with Gasteiger partial charge in [-0.25, -0.2) is 9.79 Å². The van der Waals surface area contributed by atoms with Gasteiger partial charge in [0.05, 0.1) is 0 Å². The number of nitrogens with zero attached hydrogens (tertiary/aromatic N) is 1. The fourth-order valence-corrected chi connectivity index (χ4v) is 3.57. The maximum absolute atomic E-state index is 12.5. The van der Waals surface area contributed by atoms with Gasteiger partial charge in [-0.3, -0.25) is 0 Å². The van der Waals surface area contributed by atoms with Crippen LogP contribution in [0.3, 0.4) is 0 Å². The molecule has 0 spiro atoms. The summed E-state index contributed by atoms with van der Waals surface area (Å²) >= 11 is 0. The molecular formula is C25H17NO2. The first-order chi connectivity index (χ1) is 13.7. The summed E-state index contributed by atoms with van der Waals surface area (Å²) in [6.45, 7) is 2.02. The molecule has 28 heavy (non-hydrogen) atoms. The third kappa shape index (κ3) is 2.78. The van der Waals surface area contributed by atoms with Crippen LogP contribution in [0.25, 0.3) is 27.6 Å². The van der Waals surface area contributed by atoms with Crippen molar-refractivity contribution in [2.75, 3.05) is 0 Å². The Kier molecular flexibility index (Phi) is 3.80. The van der Waals surface area contributed by atoms with Gasteiger partial charge in [-0.05, 0) is 58.3 Å². The minimum absolute atomic E-state index is 0.317. The van der Waals surface area contributed by atoms with Gasteiger partial charge in [0.15, 0.2) is 5.70 Å². The average molecular weight is 363 g/mol. The summed E-state index contributed by atoms with van der Waals surface area (Å²) in [7, 11) is 0. The van der Waals surface area contributed by atoms with Crippen molar-refractivity contribution in [1.29, 1.82) is 0 Å². The van der Waals surface area contributed by atoms with Gasteiger partial charge in [-0.1, -0.05) is 66.2 Å². The van der Waals surface area contributed by atoms with Gasteiger partial charge >= 0.3 is 5.97 Å². The molecule has 0 atom stereocenters. The molecule has 0 amide bonds. The quantitative estimate of drug-likeness (QED) is 0.262. The van der Waals surface area contributed by atoms with E-state index >= 15 is 0 Å². The van der Waals surface area contributed by atoms with E-state index in [1.54, 1.807) is 0 Å². The van der Waals surface area contributed by atoms with Gasteiger partial charge in [-0.2, -0.15) is 0 Å². The number of aliphatic imine (C=N–C) groups is 1. The summed E-state index contributed by atoms with van der Waals surface area (Å²) in [5.74, 6) is -0.0756. The van der Waals surface area contributed by atoms with Gasteiger partial charge in [0, 0.05) is 5.56 Å². The SMILES string of the molecule is Cc1ccc(C2=NC(=Cc3c4ccccc4cc4ccccc34)C(=O)O2)cc1. The molecule has 1 aliphatic heterocycles.